The predicted molar refractivity (Wildman–Crippen MR) is 102 cm³/mol. The number of piperidine rings is 1. The first-order valence-corrected chi connectivity index (χ1v) is 9.17. The highest BCUT2D eigenvalue weighted by molar-refractivity contribution is 6.04. The van der Waals surface area contributed by atoms with E-state index in [-0.39, 0.29) is 25.0 Å². The number of fused-ring (bicyclic) bond motifs is 1. The molecule has 3 heterocycles. The fraction of sp³-hybridized carbons (Fsp3) is 0.474. The summed E-state index contributed by atoms with van der Waals surface area (Å²) in [6, 6.07) is 3.71. The number of H-pyrrole nitrogens is 1. The largest absolute Gasteiger partial charge is 0.460 e. The maximum atomic E-state index is 12.5. The summed E-state index contributed by atoms with van der Waals surface area (Å²) in [4.78, 5) is 33.6. The van der Waals surface area contributed by atoms with Gasteiger partial charge in [-0.1, -0.05) is 0 Å². The molecule has 9 heteroatoms. The van der Waals surface area contributed by atoms with Crippen LogP contribution >= 0.6 is 0 Å². The molecule has 0 unspecified atom stereocenters. The molecule has 148 valence electrons. The zero-order valence-electron chi connectivity index (χ0n) is 15.7. The Morgan fingerprint density at radius 1 is 1.46 bits per heavy atom. The molecule has 1 atom stereocenters. The summed E-state index contributed by atoms with van der Waals surface area (Å²) < 4.78 is 10.2. The molecule has 0 aromatic carbocycles. The van der Waals surface area contributed by atoms with Crippen molar-refractivity contribution in [2.75, 3.05) is 38.7 Å². The number of hydrogen-bond acceptors (Lipinski definition) is 7. The van der Waals surface area contributed by atoms with Crippen LogP contribution in [-0.4, -0.2) is 66.2 Å². The van der Waals surface area contributed by atoms with Gasteiger partial charge in [0, 0.05) is 44.0 Å². The predicted octanol–water partition coefficient (Wildman–Crippen LogP) is 1.68. The van der Waals surface area contributed by atoms with Crippen LogP contribution in [0, 0.1) is 11.3 Å². The van der Waals surface area contributed by atoms with E-state index < -0.39 is 5.97 Å². The Balaban J connectivity index is 1.81. The summed E-state index contributed by atoms with van der Waals surface area (Å²) in [6.45, 7) is 1.58. The molecular weight excluding hydrogens is 362 g/mol. The molecule has 3 rings (SSSR count). The number of amides is 1. The van der Waals surface area contributed by atoms with Crippen molar-refractivity contribution < 1.29 is 19.1 Å². The smallest absolute Gasteiger partial charge is 0.341 e. The number of carbonyl (C=O) groups is 2. The Bertz CT molecular complexity index is 888. The number of esters is 1. The number of aromatic nitrogens is 2. The third-order valence-electron chi connectivity index (χ3n) is 4.68. The Kier molecular flexibility index (Phi) is 6.45. The first kappa shape index (κ1) is 19.6. The lowest BCUT2D eigenvalue weighted by Crippen LogP contribution is -2.45. The number of anilines is 1. The highest BCUT2D eigenvalue weighted by Gasteiger charge is 2.26. The van der Waals surface area contributed by atoms with Gasteiger partial charge in [-0.25, -0.2) is 9.78 Å². The van der Waals surface area contributed by atoms with Crippen molar-refractivity contribution >= 4 is 28.6 Å². The van der Waals surface area contributed by atoms with Gasteiger partial charge in [0.2, 0.25) is 5.91 Å². The molecular formula is C19H23N5O4. The quantitative estimate of drug-likeness (QED) is 0.549. The van der Waals surface area contributed by atoms with Gasteiger partial charge in [-0.05, 0) is 18.9 Å². The van der Waals surface area contributed by atoms with E-state index in [1.54, 1.807) is 11.1 Å². The van der Waals surface area contributed by atoms with Crippen LogP contribution in [0.3, 0.4) is 0 Å². The number of likely N-dealkylation sites (tertiary alicyclic amines) is 1. The van der Waals surface area contributed by atoms with E-state index in [2.05, 4.69) is 15.3 Å². The molecule has 0 saturated carbocycles. The van der Waals surface area contributed by atoms with Crippen LogP contribution in [-0.2, 0) is 14.3 Å². The lowest BCUT2D eigenvalue weighted by molar-refractivity contribution is -0.131. The van der Waals surface area contributed by atoms with Crippen LogP contribution < -0.4 is 5.32 Å². The zero-order chi connectivity index (χ0) is 19.9. The summed E-state index contributed by atoms with van der Waals surface area (Å²) in [6.07, 6.45) is 4.79. The molecule has 0 radical (unpaired) electrons. The highest BCUT2D eigenvalue weighted by Crippen LogP contribution is 2.28. The van der Waals surface area contributed by atoms with Gasteiger partial charge in [0.1, 0.15) is 24.2 Å². The first-order chi connectivity index (χ1) is 13.6. The van der Waals surface area contributed by atoms with Crippen LogP contribution in [0.15, 0.2) is 18.5 Å². The minimum atomic E-state index is -0.483. The number of nitrogens with zero attached hydrogens (tertiary/aromatic N) is 3. The second-order valence-electron chi connectivity index (χ2n) is 6.57. The van der Waals surface area contributed by atoms with Crippen molar-refractivity contribution in [2.45, 2.75) is 25.3 Å². The normalized spacial score (nSPS) is 16.6. The van der Waals surface area contributed by atoms with Gasteiger partial charge in [0.25, 0.3) is 0 Å². The maximum Gasteiger partial charge on any atom is 0.341 e. The topological polar surface area (TPSA) is 120 Å². The number of aromatic amines is 1. The standard InChI is InChI=1S/C19H23N5O4/c1-27-9-10-28-19(26)15-11-22-18-14(5-7-21-18)17(15)23-13-3-2-8-24(12-13)16(25)4-6-20/h5,7,11,13H,2-4,8-10,12H2,1H3,(H2,21,22,23)/t13-/m1/s1. The number of ether oxygens (including phenoxy) is 2. The molecule has 9 nitrogen and oxygen atoms in total. The molecule has 1 aliphatic rings. The first-order valence-electron chi connectivity index (χ1n) is 9.17. The van der Waals surface area contributed by atoms with E-state index in [0.717, 1.165) is 18.2 Å². The van der Waals surface area contributed by atoms with Crippen LogP contribution in [0.1, 0.15) is 29.6 Å². The van der Waals surface area contributed by atoms with Crippen molar-refractivity contribution in [2.24, 2.45) is 0 Å². The minimum absolute atomic E-state index is 0.0394. The van der Waals surface area contributed by atoms with Crippen LogP contribution in [0.25, 0.3) is 11.0 Å². The summed E-state index contributed by atoms with van der Waals surface area (Å²) in [5, 5.41) is 13.0. The summed E-state index contributed by atoms with van der Waals surface area (Å²) in [7, 11) is 1.54. The Hall–Kier alpha value is -3.12. The SMILES string of the molecule is COCCOC(=O)c1cnc2[nH]ccc2c1N[C@@H]1CCCN(C(=O)CC#N)C1. The van der Waals surface area contributed by atoms with Crippen molar-refractivity contribution in [3.63, 3.8) is 0 Å². The summed E-state index contributed by atoms with van der Waals surface area (Å²) in [5.74, 6) is -0.655. The number of rotatable bonds is 7. The van der Waals surface area contributed by atoms with Gasteiger partial charge in [0.05, 0.1) is 18.4 Å². The second-order valence-corrected chi connectivity index (χ2v) is 6.57. The maximum absolute atomic E-state index is 12.5. The van der Waals surface area contributed by atoms with Gasteiger partial charge in [-0.3, -0.25) is 4.79 Å². The molecule has 2 N–H and O–H groups in total. The molecule has 1 amide bonds. The minimum Gasteiger partial charge on any atom is -0.460 e. The highest BCUT2D eigenvalue weighted by atomic mass is 16.6. The molecule has 1 saturated heterocycles. The number of carbonyl (C=O) groups excluding carboxylic acids is 2. The molecule has 2 aromatic heterocycles. The van der Waals surface area contributed by atoms with Gasteiger partial charge in [0.15, 0.2) is 0 Å². The average Bonchev–Trinajstić information content (AvgIpc) is 3.18. The van der Waals surface area contributed by atoms with E-state index in [4.69, 9.17) is 14.7 Å². The number of methoxy groups -OCH3 is 1. The molecule has 1 fully saturated rings. The number of hydrogen-bond donors (Lipinski definition) is 2. The van der Waals surface area contributed by atoms with Crippen molar-refractivity contribution in [3.05, 3.63) is 24.0 Å². The fourth-order valence-electron chi connectivity index (χ4n) is 3.32. The van der Waals surface area contributed by atoms with Crippen LogP contribution in [0.4, 0.5) is 5.69 Å². The van der Waals surface area contributed by atoms with E-state index in [1.807, 2.05) is 12.1 Å². The number of nitrogens with one attached hydrogen (secondary N) is 2. The van der Waals surface area contributed by atoms with Gasteiger partial charge in [-0.2, -0.15) is 5.26 Å². The summed E-state index contributed by atoms with van der Waals surface area (Å²) in [5.41, 5.74) is 1.63. The molecule has 1 aliphatic heterocycles. The Labute approximate surface area is 162 Å². The monoisotopic (exact) mass is 385 g/mol. The lowest BCUT2D eigenvalue weighted by atomic mass is 10.0. The van der Waals surface area contributed by atoms with E-state index in [0.29, 0.717) is 36.6 Å². The van der Waals surface area contributed by atoms with Crippen molar-refractivity contribution in [3.8, 4) is 6.07 Å². The van der Waals surface area contributed by atoms with Crippen LogP contribution in [0.2, 0.25) is 0 Å². The van der Waals surface area contributed by atoms with E-state index >= 15 is 0 Å². The number of pyridine rings is 1. The van der Waals surface area contributed by atoms with Gasteiger partial charge in [-0.15, -0.1) is 0 Å². The Morgan fingerprint density at radius 3 is 3.11 bits per heavy atom. The summed E-state index contributed by atoms with van der Waals surface area (Å²) >= 11 is 0. The fourth-order valence-corrected chi connectivity index (χ4v) is 3.32. The lowest BCUT2D eigenvalue weighted by Gasteiger charge is -2.33. The van der Waals surface area contributed by atoms with Crippen molar-refractivity contribution in [1.29, 1.82) is 5.26 Å². The third-order valence-corrected chi connectivity index (χ3v) is 4.68. The molecule has 0 bridgehead atoms. The second kappa shape index (κ2) is 9.19. The number of nitriles is 1. The molecule has 28 heavy (non-hydrogen) atoms. The van der Waals surface area contributed by atoms with Crippen molar-refractivity contribution in [1.82, 2.24) is 14.9 Å². The molecule has 2 aromatic rings. The van der Waals surface area contributed by atoms with E-state index in [1.165, 1.54) is 13.3 Å². The molecule has 0 aliphatic carbocycles. The third kappa shape index (κ3) is 4.40. The molecule has 0 spiro atoms. The van der Waals surface area contributed by atoms with Gasteiger partial charge >= 0.3 is 5.97 Å². The van der Waals surface area contributed by atoms with Crippen LogP contribution in [0.5, 0.6) is 0 Å². The zero-order valence-corrected chi connectivity index (χ0v) is 15.7. The van der Waals surface area contributed by atoms with E-state index in [9.17, 15) is 9.59 Å². The average molecular weight is 385 g/mol. The van der Waals surface area contributed by atoms with Gasteiger partial charge < -0.3 is 24.7 Å². The Morgan fingerprint density at radius 2 is 2.32 bits per heavy atom.